The van der Waals surface area contributed by atoms with E-state index in [9.17, 15) is 9.90 Å². The summed E-state index contributed by atoms with van der Waals surface area (Å²) in [5.41, 5.74) is -1.49. The maximum absolute atomic E-state index is 11.1. The van der Waals surface area contributed by atoms with Gasteiger partial charge >= 0.3 is 5.97 Å². The smallest absolute Gasteiger partial charge is 0.338 e. The molecule has 84 valence electrons. The Bertz CT molecular complexity index is 351. The van der Waals surface area contributed by atoms with E-state index in [1.54, 1.807) is 6.92 Å². The number of aliphatic hydroxyl groups is 1. The first-order chi connectivity index (χ1) is 6.95. The summed E-state index contributed by atoms with van der Waals surface area (Å²) in [4.78, 5) is 15.2. The molecule has 7 heteroatoms. The Morgan fingerprint density at radius 3 is 2.87 bits per heavy atom. The van der Waals surface area contributed by atoms with Gasteiger partial charge in [0, 0.05) is 5.75 Å². The molecule has 0 aliphatic heterocycles. The van der Waals surface area contributed by atoms with Crippen LogP contribution in [-0.4, -0.2) is 38.9 Å². The Labute approximate surface area is 96.0 Å². The minimum atomic E-state index is -1.49. The van der Waals surface area contributed by atoms with E-state index in [1.807, 2.05) is 0 Å². The van der Waals surface area contributed by atoms with Crippen LogP contribution in [0.15, 0.2) is 4.34 Å². The van der Waals surface area contributed by atoms with Gasteiger partial charge in [0.25, 0.3) is 0 Å². The molecule has 0 aliphatic carbocycles. The Hall–Kier alpha value is -0.660. The second-order valence-corrected chi connectivity index (χ2v) is 5.14. The predicted molar refractivity (Wildman–Crippen MR) is 58.0 cm³/mol. The second kappa shape index (κ2) is 4.91. The van der Waals surface area contributed by atoms with Gasteiger partial charge in [-0.25, -0.2) is 9.78 Å². The lowest BCUT2D eigenvalue weighted by Gasteiger charge is -2.18. The molecule has 15 heavy (non-hydrogen) atoms. The van der Waals surface area contributed by atoms with Gasteiger partial charge in [-0.2, -0.15) is 4.37 Å². The predicted octanol–water partition coefficient (Wildman–Crippen LogP) is 0.863. The van der Waals surface area contributed by atoms with Gasteiger partial charge in [0.2, 0.25) is 0 Å². The first-order valence-corrected chi connectivity index (χ1v) is 5.95. The molecular formula is C8H12N2O3S2. The molecule has 0 spiro atoms. The number of hydrogen-bond acceptors (Lipinski definition) is 7. The van der Waals surface area contributed by atoms with Crippen LogP contribution in [-0.2, 0) is 9.53 Å². The molecule has 0 aromatic carbocycles. The summed E-state index contributed by atoms with van der Waals surface area (Å²) in [6.07, 6.45) is 0. The lowest BCUT2D eigenvalue weighted by atomic mass is 10.1. The van der Waals surface area contributed by atoms with E-state index >= 15 is 0 Å². The molecule has 0 radical (unpaired) electrons. The molecule has 1 aromatic heterocycles. The highest BCUT2D eigenvalue weighted by Crippen LogP contribution is 2.24. The Kier molecular flexibility index (Phi) is 4.06. The van der Waals surface area contributed by atoms with E-state index in [2.05, 4.69) is 14.1 Å². The second-order valence-electron chi connectivity index (χ2n) is 3.16. The van der Waals surface area contributed by atoms with Gasteiger partial charge in [-0.05, 0) is 25.4 Å². The number of aryl methyl sites for hydroxylation is 1. The van der Waals surface area contributed by atoms with Crippen molar-refractivity contribution in [3.8, 4) is 0 Å². The largest absolute Gasteiger partial charge is 0.467 e. The van der Waals surface area contributed by atoms with Gasteiger partial charge in [0.1, 0.15) is 5.82 Å². The van der Waals surface area contributed by atoms with Crippen molar-refractivity contribution in [2.75, 3.05) is 12.9 Å². The van der Waals surface area contributed by atoms with Crippen molar-refractivity contribution in [2.45, 2.75) is 23.8 Å². The molecule has 0 fully saturated rings. The molecule has 0 saturated carbocycles. The normalized spacial score (nSPS) is 14.7. The van der Waals surface area contributed by atoms with Gasteiger partial charge in [-0.15, -0.1) is 0 Å². The maximum Gasteiger partial charge on any atom is 0.338 e. The molecule has 0 amide bonds. The molecule has 1 heterocycles. The number of thioether (sulfide) groups is 1. The quantitative estimate of drug-likeness (QED) is 0.629. The zero-order valence-corrected chi connectivity index (χ0v) is 10.3. The van der Waals surface area contributed by atoms with Gasteiger partial charge in [0.05, 0.1) is 7.11 Å². The number of nitrogens with zero attached hydrogens (tertiary/aromatic N) is 2. The standard InChI is InChI=1S/C8H12N2O3S2/c1-5-9-7(15-10-5)14-4-8(2,12)6(11)13-3/h12H,4H2,1-3H3. The average Bonchev–Trinajstić information content (AvgIpc) is 2.60. The Morgan fingerprint density at radius 1 is 1.73 bits per heavy atom. The number of carbonyl (C=O) groups excluding carboxylic acids is 1. The summed E-state index contributed by atoms with van der Waals surface area (Å²) in [7, 11) is 1.25. The number of hydrogen-bond donors (Lipinski definition) is 1. The number of aromatic nitrogens is 2. The number of rotatable bonds is 4. The topological polar surface area (TPSA) is 72.3 Å². The van der Waals surface area contributed by atoms with Crippen LogP contribution in [0.2, 0.25) is 0 Å². The van der Waals surface area contributed by atoms with E-state index in [4.69, 9.17) is 0 Å². The van der Waals surface area contributed by atoms with Crippen LogP contribution in [0.3, 0.4) is 0 Å². The van der Waals surface area contributed by atoms with Crippen molar-refractivity contribution in [3.05, 3.63) is 5.82 Å². The van der Waals surface area contributed by atoms with E-state index in [-0.39, 0.29) is 5.75 Å². The fraction of sp³-hybridized carbons (Fsp3) is 0.625. The lowest BCUT2D eigenvalue weighted by Crippen LogP contribution is -2.38. The van der Waals surface area contributed by atoms with Gasteiger partial charge < -0.3 is 9.84 Å². The Morgan fingerprint density at radius 2 is 2.40 bits per heavy atom. The van der Waals surface area contributed by atoms with E-state index in [0.29, 0.717) is 5.82 Å². The van der Waals surface area contributed by atoms with Crippen LogP contribution in [0.1, 0.15) is 12.7 Å². The molecule has 1 aromatic rings. The summed E-state index contributed by atoms with van der Waals surface area (Å²) in [5, 5.41) is 9.71. The number of ether oxygens (including phenoxy) is 1. The van der Waals surface area contributed by atoms with Crippen LogP contribution in [0, 0.1) is 6.92 Å². The molecule has 5 nitrogen and oxygen atoms in total. The SMILES string of the molecule is COC(=O)C(C)(O)CSc1nc(C)ns1. The van der Waals surface area contributed by atoms with Crippen molar-refractivity contribution in [1.29, 1.82) is 0 Å². The Balaban J connectivity index is 2.53. The summed E-state index contributed by atoms with van der Waals surface area (Å²) in [5.74, 6) is 0.255. The van der Waals surface area contributed by atoms with Crippen LogP contribution in [0.5, 0.6) is 0 Å². The molecule has 0 aliphatic rings. The van der Waals surface area contributed by atoms with Gasteiger partial charge in [-0.1, -0.05) is 11.8 Å². The highest BCUT2D eigenvalue weighted by molar-refractivity contribution is 8.01. The monoisotopic (exact) mass is 248 g/mol. The number of carbonyl (C=O) groups is 1. The lowest BCUT2D eigenvalue weighted by molar-refractivity contribution is -0.158. The molecule has 1 unspecified atom stereocenters. The van der Waals surface area contributed by atoms with Crippen molar-refractivity contribution in [1.82, 2.24) is 9.36 Å². The minimum Gasteiger partial charge on any atom is -0.467 e. The van der Waals surface area contributed by atoms with Crippen molar-refractivity contribution >= 4 is 29.3 Å². The van der Waals surface area contributed by atoms with Gasteiger partial charge in [-0.3, -0.25) is 0 Å². The van der Waals surface area contributed by atoms with E-state index < -0.39 is 11.6 Å². The molecule has 1 atom stereocenters. The first-order valence-electron chi connectivity index (χ1n) is 4.19. The average molecular weight is 248 g/mol. The molecule has 0 bridgehead atoms. The van der Waals surface area contributed by atoms with Crippen molar-refractivity contribution in [3.63, 3.8) is 0 Å². The van der Waals surface area contributed by atoms with Crippen LogP contribution >= 0.6 is 23.3 Å². The summed E-state index contributed by atoms with van der Waals surface area (Å²) >= 11 is 2.53. The molecule has 1 rings (SSSR count). The number of esters is 1. The van der Waals surface area contributed by atoms with Crippen LogP contribution < -0.4 is 0 Å². The molecule has 1 N–H and O–H groups in total. The van der Waals surface area contributed by atoms with E-state index in [0.717, 1.165) is 4.34 Å². The highest BCUT2D eigenvalue weighted by Gasteiger charge is 2.31. The fourth-order valence-corrected chi connectivity index (χ4v) is 2.46. The molecule has 0 saturated heterocycles. The maximum atomic E-state index is 11.1. The highest BCUT2D eigenvalue weighted by atomic mass is 32.2. The summed E-state index contributed by atoms with van der Waals surface area (Å²) in [6, 6.07) is 0. The number of methoxy groups -OCH3 is 1. The van der Waals surface area contributed by atoms with E-state index in [1.165, 1.54) is 37.3 Å². The third-order valence-corrected chi connectivity index (χ3v) is 3.84. The summed E-state index contributed by atoms with van der Waals surface area (Å²) < 4.78 is 9.20. The fourth-order valence-electron chi connectivity index (χ4n) is 0.818. The van der Waals surface area contributed by atoms with Crippen LogP contribution in [0.4, 0.5) is 0 Å². The first kappa shape index (κ1) is 12.4. The zero-order chi connectivity index (χ0) is 11.5. The zero-order valence-electron chi connectivity index (χ0n) is 8.68. The summed E-state index contributed by atoms with van der Waals surface area (Å²) in [6.45, 7) is 3.21. The van der Waals surface area contributed by atoms with Crippen LogP contribution in [0.25, 0.3) is 0 Å². The van der Waals surface area contributed by atoms with Gasteiger partial charge in [0.15, 0.2) is 9.94 Å². The van der Waals surface area contributed by atoms with Crippen molar-refractivity contribution < 1.29 is 14.6 Å². The minimum absolute atomic E-state index is 0.203. The third kappa shape index (κ3) is 3.44. The van der Waals surface area contributed by atoms with Crippen molar-refractivity contribution in [2.24, 2.45) is 0 Å². The third-order valence-electron chi connectivity index (χ3n) is 1.61. The molecular weight excluding hydrogens is 236 g/mol.